The van der Waals surface area contributed by atoms with Crippen LogP contribution in [0.3, 0.4) is 0 Å². The molecule has 0 radical (unpaired) electrons. The smallest absolute Gasteiger partial charge is 0.239 e. The van der Waals surface area contributed by atoms with Gasteiger partial charge in [0.15, 0.2) is 0 Å². The number of carbonyl (C=O) groups excluding carboxylic acids is 1. The van der Waals surface area contributed by atoms with Crippen molar-refractivity contribution in [1.82, 2.24) is 10.2 Å². The fourth-order valence-corrected chi connectivity index (χ4v) is 3.50. The number of rotatable bonds is 3. The van der Waals surface area contributed by atoms with Crippen LogP contribution in [-0.2, 0) is 4.79 Å². The summed E-state index contributed by atoms with van der Waals surface area (Å²) in [6.07, 6.45) is 7.42. The molecule has 1 heterocycles. The van der Waals surface area contributed by atoms with E-state index in [0.717, 1.165) is 18.9 Å². The van der Waals surface area contributed by atoms with Gasteiger partial charge in [0.25, 0.3) is 0 Å². The molecule has 2 fully saturated rings. The van der Waals surface area contributed by atoms with Gasteiger partial charge in [-0.1, -0.05) is 20.3 Å². The van der Waals surface area contributed by atoms with E-state index in [2.05, 4.69) is 19.2 Å². The number of likely N-dealkylation sites (N-methyl/N-ethyl adjacent to an activating group) is 1. The topological polar surface area (TPSA) is 32.3 Å². The zero-order valence-corrected chi connectivity index (χ0v) is 12.1. The normalized spacial score (nSPS) is 36.6. The van der Waals surface area contributed by atoms with E-state index in [9.17, 15) is 4.79 Å². The molecule has 2 aliphatic rings. The summed E-state index contributed by atoms with van der Waals surface area (Å²) in [7, 11) is 2.01. The van der Waals surface area contributed by atoms with Crippen LogP contribution >= 0.6 is 0 Å². The average Bonchev–Trinajstić information content (AvgIpc) is 2.83. The first kappa shape index (κ1) is 13.9. The van der Waals surface area contributed by atoms with Crippen LogP contribution in [0.15, 0.2) is 0 Å². The summed E-state index contributed by atoms with van der Waals surface area (Å²) in [5, 5.41) is 3.35. The predicted octanol–water partition coefficient (Wildman–Crippen LogP) is 2.41. The lowest BCUT2D eigenvalue weighted by atomic mass is 9.84. The summed E-state index contributed by atoms with van der Waals surface area (Å²) in [6, 6.07) is 0.550. The first-order valence-electron chi connectivity index (χ1n) is 7.63. The summed E-state index contributed by atoms with van der Waals surface area (Å²) >= 11 is 0. The Kier molecular flexibility index (Phi) is 4.66. The van der Waals surface area contributed by atoms with E-state index in [1.165, 1.54) is 32.1 Å². The van der Waals surface area contributed by atoms with Crippen LogP contribution in [-0.4, -0.2) is 36.5 Å². The van der Waals surface area contributed by atoms with Crippen LogP contribution in [0.2, 0.25) is 0 Å². The van der Waals surface area contributed by atoms with Crippen LogP contribution in [0.25, 0.3) is 0 Å². The molecule has 0 aromatic rings. The van der Waals surface area contributed by atoms with Crippen molar-refractivity contribution in [3.63, 3.8) is 0 Å². The van der Waals surface area contributed by atoms with E-state index >= 15 is 0 Å². The van der Waals surface area contributed by atoms with Crippen LogP contribution in [0.5, 0.6) is 0 Å². The number of carbonyl (C=O) groups is 1. The lowest BCUT2D eigenvalue weighted by molar-refractivity contribution is -0.135. The van der Waals surface area contributed by atoms with Crippen molar-refractivity contribution in [2.45, 2.75) is 64.5 Å². The van der Waals surface area contributed by atoms with E-state index in [-0.39, 0.29) is 6.04 Å². The third-order valence-electron chi connectivity index (χ3n) is 5.09. The molecular weight excluding hydrogens is 224 g/mol. The van der Waals surface area contributed by atoms with Crippen molar-refractivity contribution < 1.29 is 4.79 Å². The maximum Gasteiger partial charge on any atom is 0.239 e. The maximum atomic E-state index is 12.5. The molecule has 2 atom stereocenters. The number of nitrogens with one attached hydrogen (secondary N) is 1. The zero-order chi connectivity index (χ0) is 13.1. The van der Waals surface area contributed by atoms with E-state index < -0.39 is 0 Å². The molecule has 0 bridgehead atoms. The monoisotopic (exact) mass is 252 g/mol. The third kappa shape index (κ3) is 2.87. The maximum absolute atomic E-state index is 12.5. The molecular formula is C15H28N2O. The molecule has 1 aliphatic carbocycles. The molecule has 0 aromatic heterocycles. The molecule has 18 heavy (non-hydrogen) atoms. The Morgan fingerprint density at radius 2 is 1.89 bits per heavy atom. The average molecular weight is 252 g/mol. The quantitative estimate of drug-likeness (QED) is 0.836. The molecule has 1 N–H and O–H groups in total. The Balaban J connectivity index is 1.87. The lowest BCUT2D eigenvalue weighted by Crippen LogP contribution is -2.49. The number of nitrogens with zero attached hydrogens (tertiary/aromatic N) is 1. The molecule has 1 saturated carbocycles. The molecule has 0 aromatic carbocycles. The van der Waals surface area contributed by atoms with E-state index in [0.29, 0.717) is 17.9 Å². The van der Waals surface area contributed by atoms with Crippen molar-refractivity contribution in [2.75, 3.05) is 13.6 Å². The van der Waals surface area contributed by atoms with Gasteiger partial charge in [0, 0.05) is 13.1 Å². The highest BCUT2D eigenvalue weighted by molar-refractivity contribution is 5.82. The van der Waals surface area contributed by atoms with Gasteiger partial charge < -0.3 is 10.2 Å². The van der Waals surface area contributed by atoms with Gasteiger partial charge in [0.2, 0.25) is 5.91 Å². The Hall–Kier alpha value is -0.570. The van der Waals surface area contributed by atoms with Gasteiger partial charge >= 0.3 is 0 Å². The molecule has 3 heteroatoms. The van der Waals surface area contributed by atoms with E-state index in [1.807, 2.05) is 11.9 Å². The minimum atomic E-state index is 0.0684. The summed E-state index contributed by atoms with van der Waals surface area (Å²) in [4.78, 5) is 14.5. The highest BCUT2D eigenvalue weighted by Gasteiger charge is 2.34. The zero-order valence-electron chi connectivity index (χ0n) is 12.1. The molecule has 1 saturated heterocycles. The minimum absolute atomic E-state index is 0.0684. The van der Waals surface area contributed by atoms with Gasteiger partial charge in [-0.3, -0.25) is 4.79 Å². The minimum Gasteiger partial charge on any atom is -0.341 e. The summed E-state index contributed by atoms with van der Waals surface area (Å²) in [5.41, 5.74) is 0. The van der Waals surface area contributed by atoms with Gasteiger partial charge in [-0.05, 0) is 50.5 Å². The SMILES string of the molecule is CCC1CCC(N(C)C(=O)C2NCCC2C)CC1. The van der Waals surface area contributed by atoms with Crippen LogP contribution in [0, 0.1) is 11.8 Å². The summed E-state index contributed by atoms with van der Waals surface area (Å²) in [6.45, 7) is 5.46. The summed E-state index contributed by atoms with van der Waals surface area (Å²) in [5.74, 6) is 1.71. The molecule has 3 nitrogen and oxygen atoms in total. The lowest BCUT2D eigenvalue weighted by Gasteiger charge is -2.36. The Labute approximate surface area is 111 Å². The fourth-order valence-electron chi connectivity index (χ4n) is 3.50. The van der Waals surface area contributed by atoms with Gasteiger partial charge in [-0.15, -0.1) is 0 Å². The van der Waals surface area contributed by atoms with Crippen molar-refractivity contribution in [3.05, 3.63) is 0 Å². The van der Waals surface area contributed by atoms with E-state index in [1.54, 1.807) is 0 Å². The second-order valence-electron chi connectivity index (χ2n) is 6.23. The van der Waals surface area contributed by atoms with Crippen molar-refractivity contribution >= 4 is 5.91 Å². The van der Waals surface area contributed by atoms with Crippen molar-refractivity contribution in [2.24, 2.45) is 11.8 Å². The van der Waals surface area contributed by atoms with Crippen LogP contribution < -0.4 is 5.32 Å². The Morgan fingerprint density at radius 3 is 2.39 bits per heavy atom. The Morgan fingerprint density at radius 1 is 1.22 bits per heavy atom. The number of amides is 1. The molecule has 2 unspecified atom stereocenters. The van der Waals surface area contributed by atoms with Gasteiger partial charge in [0.1, 0.15) is 0 Å². The van der Waals surface area contributed by atoms with Gasteiger partial charge in [-0.2, -0.15) is 0 Å². The highest BCUT2D eigenvalue weighted by atomic mass is 16.2. The highest BCUT2D eigenvalue weighted by Crippen LogP contribution is 2.29. The summed E-state index contributed by atoms with van der Waals surface area (Å²) < 4.78 is 0. The fraction of sp³-hybridized carbons (Fsp3) is 0.933. The van der Waals surface area contributed by atoms with Gasteiger partial charge in [-0.25, -0.2) is 0 Å². The van der Waals surface area contributed by atoms with Crippen LogP contribution in [0.1, 0.15) is 52.4 Å². The van der Waals surface area contributed by atoms with E-state index in [4.69, 9.17) is 0 Å². The molecule has 104 valence electrons. The molecule has 1 aliphatic heterocycles. The standard InChI is InChI=1S/C15H28N2O/c1-4-12-5-7-13(8-6-12)17(3)15(18)14-11(2)9-10-16-14/h11-14,16H,4-10H2,1-3H3. The Bertz CT molecular complexity index is 284. The largest absolute Gasteiger partial charge is 0.341 e. The van der Waals surface area contributed by atoms with Crippen LogP contribution in [0.4, 0.5) is 0 Å². The predicted molar refractivity (Wildman–Crippen MR) is 74.4 cm³/mol. The second kappa shape index (κ2) is 6.05. The van der Waals surface area contributed by atoms with Crippen molar-refractivity contribution in [3.8, 4) is 0 Å². The van der Waals surface area contributed by atoms with Gasteiger partial charge in [0.05, 0.1) is 6.04 Å². The number of hydrogen-bond acceptors (Lipinski definition) is 2. The first-order valence-corrected chi connectivity index (χ1v) is 7.63. The second-order valence-corrected chi connectivity index (χ2v) is 6.23. The third-order valence-corrected chi connectivity index (χ3v) is 5.09. The number of hydrogen-bond donors (Lipinski definition) is 1. The van der Waals surface area contributed by atoms with Crippen molar-refractivity contribution in [1.29, 1.82) is 0 Å². The molecule has 2 rings (SSSR count). The molecule has 0 spiro atoms. The first-order chi connectivity index (χ1) is 8.63. The molecule has 1 amide bonds.